The second kappa shape index (κ2) is 6.65. The van der Waals surface area contributed by atoms with Crippen molar-refractivity contribution in [2.45, 2.75) is 17.1 Å². The van der Waals surface area contributed by atoms with Gasteiger partial charge in [0.05, 0.1) is 4.90 Å². The van der Waals surface area contributed by atoms with Gasteiger partial charge in [0.1, 0.15) is 11.1 Å². The maximum absolute atomic E-state index is 13.0. The summed E-state index contributed by atoms with van der Waals surface area (Å²) in [5.74, 6) is -0.845. The fourth-order valence-electron chi connectivity index (χ4n) is 2.00. The second-order valence-electron chi connectivity index (χ2n) is 4.71. The third-order valence-corrected chi connectivity index (χ3v) is 5.23. The molecule has 0 unspecified atom stereocenters. The number of sulfone groups is 1. The lowest BCUT2D eigenvalue weighted by Gasteiger charge is -2.18. The molecule has 1 N–H and O–H groups in total. The number of nitrogens with one attached hydrogen (secondary N) is 1. The zero-order valence-electron chi connectivity index (χ0n) is 11.9. The van der Waals surface area contributed by atoms with Crippen LogP contribution in [0.1, 0.15) is 17.7 Å². The van der Waals surface area contributed by atoms with Crippen LogP contribution in [0.4, 0.5) is 4.39 Å². The van der Waals surface area contributed by atoms with E-state index in [0.29, 0.717) is 5.56 Å². The van der Waals surface area contributed by atoms with Gasteiger partial charge in [0.2, 0.25) is 5.91 Å². The predicted molar refractivity (Wildman–Crippen MR) is 79.2 cm³/mol. The van der Waals surface area contributed by atoms with E-state index in [0.717, 1.165) is 12.1 Å². The van der Waals surface area contributed by atoms with Crippen LogP contribution in [0.25, 0.3) is 0 Å². The Labute approximate surface area is 128 Å². The first-order valence-electron chi connectivity index (χ1n) is 6.55. The maximum atomic E-state index is 13.0. The Morgan fingerprint density at radius 3 is 2.50 bits per heavy atom. The van der Waals surface area contributed by atoms with Crippen molar-refractivity contribution >= 4 is 15.7 Å². The van der Waals surface area contributed by atoms with Crippen molar-refractivity contribution in [3.05, 3.63) is 60.2 Å². The SMILES string of the molecule is CC(=O)NC[C@@H](c1cccnc1)S(=O)(=O)c1ccc(F)cc1. The molecule has 0 saturated heterocycles. The van der Waals surface area contributed by atoms with Gasteiger partial charge in [-0.3, -0.25) is 9.78 Å². The Hall–Kier alpha value is -2.28. The van der Waals surface area contributed by atoms with Crippen molar-refractivity contribution in [1.82, 2.24) is 10.3 Å². The summed E-state index contributed by atoms with van der Waals surface area (Å²) in [4.78, 5) is 15.0. The van der Waals surface area contributed by atoms with Gasteiger partial charge in [0.25, 0.3) is 0 Å². The summed E-state index contributed by atoms with van der Waals surface area (Å²) in [6, 6.07) is 7.84. The Morgan fingerprint density at radius 1 is 1.27 bits per heavy atom. The number of nitrogens with zero attached hydrogens (tertiary/aromatic N) is 1. The average molecular weight is 322 g/mol. The Morgan fingerprint density at radius 2 is 1.95 bits per heavy atom. The Bertz CT molecular complexity index is 746. The van der Waals surface area contributed by atoms with Gasteiger partial charge in [-0.25, -0.2) is 12.8 Å². The number of aromatic nitrogens is 1. The van der Waals surface area contributed by atoms with E-state index in [2.05, 4.69) is 10.3 Å². The minimum atomic E-state index is -3.79. The molecular weight excluding hydrogens is 307 g/mol. The van der Waals surface area contributed by atoms with E-state index in [1.807, 2.05) is 0 Å². The molecule has 0 saturated carbocycles. The number of benzene rings is 1. The molecule has 1 aromatic heterocycles. The lowest BCUT2D eigenvalue weighted by molar-refractivity contribution is -0.118. The molecule has 2 rings (SSSR count). The van der Waals surface area contributed by atoms with Crippen LogP contribution < -0.4 is 5.32 Å². The zero-order valence-corrected chi connectivity index (χ0v) is 12.7. The molecule has 0 radical (unpaired) electrons. The molecule has 2 aromatic rings. The molecule has 5 nitrogen and oxygen atoms in total. The van der Waals surface area contributed by atoms with Gasteiger partial charge < -0.3 is 5.32 Å². The molecule has 0 aliphatic heterocycles. The Balaban J connectivity index is 2.43. The van der Waals surface area contributed by atoms with Gasteiger partial charge in [0, 0.05) is 25.9 Å². The van der Waals surface area contributed by atoms with Crippen LogP contribution in [0.15, 0.2) is 53.7 Å². The first kappa shape index (κ1) is 16.1. The monoisotopic (exact) mass is 322 g/mol. The summed E-state index contributed by atoms with van der Waals surface area (Å²) in [6.07, 6.45) is 2.97. The molecule has 0 fully saturated rings. The summed E-state index contributed by atoms with van der Waals surface area (Å²) in [5, 5.41) is 1.52. The van der Waals surface area contributed by atoms with Crippen LogP contribution in [0.3, 0.4) is 0 Å². The molecule has 7 heteroatoms. The maximum Gasteiger partial charge on any atom is 0.216 e. The number of carbonyl (C=O) groups is 1. The molecule has 0 spiro atoms. The van der Waals surface area contributed by atoms with Crippen molar-refractivity contribution in [2.75, 3.05) is 6.54 Å². The number of hydrogen-bond acceptors (Lipinski definition) is 4. The van der Waals surface area contributed by atoms with Crippen molar-refractivity contribution < 1.29 is 17.6 Å². The highest BCUT2D eigenvalue weighted by Crippen LogP contribution is 2.28. The molecule has 0 bridgehead atoms. The van der Waals surface area contributed by atoms with Crippen LogP contribution in [-0.2, 0) is 14.6 Å². The second-order valence-corrected chi connectivity index (χ2v) is 6.84. The average Bonchev–Trinajstić information content (AvgIpc) is 2.48. The highest BCUT2D eigenvalue weighted by atomic mass is 32.2. The smallest absolute Gasteiger partial charge is 0.216 e. The van der Waals surface area contributed by atoms with Crippen LogP contribution >= 0.6 is 0 Å². The fourth-order valence-corrected chi connectivity index (χ4v) is 3.64. The number of hydrogen-bond donors (Lipinski definition) is 1. The summed E-state index contributed by atoms with van der Waals surface area (Å²) in [5.41, 5.74) is 0.459. The van der Waals surface area contributed by atoms with Crippen molar-refractivity contribution in [3.8, 4) is 0 Å². The first-order chi connectivity index (χ1) is 10.4. The van der Waals surface area contributed by atoms with Gasteiger partial charge in [-0.05, 0) is 35.9 Å². The third-order valence-electron chi connectivity index (χ3n) is 3.11. The zero-order chi connectivity index (χ0) is 16.2. The molecule has 116 valence electrons. The Kier molecular flexibility index (Phi) is 4.87. The molecule has 1 amide bonds. The van der Waals surface area contributed by atoms with Crippen LogP contribution in [0, 0.1) is 5.82 Å². The molecular formula is C15H15FN2O3S. The number of carbonyl (C=O) groups excluding carboxylic acids is 1. The minimum Gasteiger partial charge on any atom is -0.355 e. The standard InChI is InChI=1S/C15H15FN2O3S/c1-11(19)18-10-15(12-3-2-8-17-9-12)22(20,21)14-6-4-13(16)5-7-14/h2-9,15H,10H2,1H3,(H,18,19)/t15-/m0/s1. The normalized spacial score (nSPS) is 12.6. The quantitative estimate of drug-likeness (QED) is 0.853. The summed E-state index contributed by atoms with van der Waals surface area (Å²) in [7, 11) is -3.79. The van der Waals surface area contributed by atoms with Gasteiger partial charge in [-0.2, -0.15) is 0 Å². The molecule has 0 aliphatic rings. The third kappa shape index (κ3) is 3.67. The molecule has 1 heterocycles. The van der Waals surface area contributed by atoms with Gasteiger partial charge in [0.15, 0.2) is 9.84 Å². The topological polar surface area (TPSA) is 76.1 Å². The van der Waals surface area contributed by atoms with E-state index in [-0.39, 0.29) is 17.3 Å². The van der Waals surface area contributed by atoms with E-state index in [9.17, 15) is 17.6 Å². The van der Waals surface area contributed by atoms with Crippen molar-refractivity contribution in [1.29, 1.82) is 0 Å². The van der Waals surface area contributed by atoms with Crippen LogP contribution in [0.5, 0.6) is 0 Å². The highest BCUT2D eigenvalue weighted by Gasteiger charge is 2.29. The summed E-state index contributed by atoms with van der Waals surface area (Å²) in [6.45, 7) is 1.23. The number of halogens is 1. The van der Waals surface area contributed by atoms with Crippen LogP contribution in [0.2, 0.25) is 0 Å². The van der Waals surface area contributed by atoms with Crippen molar-refractivity contribution in [3.63, 3.8) is 0 Å². The summed E-state index contributed by atoms with van der Waals surface area (Å²) < 4.78 is 38.5. The fraction of sp³-hybridized carbons (Fsp3) is 0.200. The van der Waals surface area contributed by atoms with Crippen molar-refractivity contribution in [2.24, 2.45) is 0 Å². The number of amides is 1. The number of pyridine rings is 1. The highest BCUT2D eigenvalue weighted by molar-refractivity contribution is 7.91. The van der Waals surface area contributed by atoms with E-state index < -0.39 is 20.9 Å². The summed E-state index contributed by atoms with van der Waals surface area (Å²) >= 11 is 0. The molecule has 22 heavy (non-hydrogen) atoms. The van der Waals surface area contributed by atoms with E-state index in [4.69, 9.17) is 0 Å². The van der Waals surface area contributed by atoms with E-state index in [1.165, 1.54) is 31.5 Å². The largest absolute Gasteiger partial charge is 0.355 e. The van der Waals surface area contributed by atoms with Gasteiger partial charge in [-0.15, -0.1) is 0 Å². The number of rotatable bonds is 5. The molecule has 0 aliphatic carbocycles. The molecule has 1 aromatic carbocycles. The van der Waals surface area contributed by atoms with Gasteiger partial charge in [-0.1, -0.05) is 6.07 Å². The van der Waals surface area contributed by atoms with Gasteiger partial charge >= 0.3 is 0 Å². The first-order valence-corrected chi connectivity index (χ1v) is 8.09. The van der Waals surface area contributed by atoms with E-state index in [1.54, 1.807) is 12.1 Å². The predicted octanol–water partition coefficient (Wildman–Crippen LogP) is 1.87. The van der Waals surface area contributed by atoms with E-state index >= 15 is 0 Å². The lowest BCUT2D eigenvalue weighted by atomic mass is 10.2. The minimum absolute atomic E-state index is 0.00638. The molecule has 1 atom stereocenters. The lowest BCUT2D eigenvalue weighted by Crippen LogP contribution is -2.30. The van der Waals surface area contributed by atoms with Crippen LogP contribution in [-0.4, -0.2) is 25.9 Å².